The summed E-state index contributed by atoms with van der Waals surface area (Å²) in [6, 6.07) is 5.30. The largest absolute Gasteiger partial charge is 0.370 e. The van der Waals surface area contributed by atoms with Gasteiger partial charge in [-0.25, -0.2) is 4.98 Å². The molecule has 0 radical (unpaired) electrons. The Labute approximate surface area is 106 Å². The Balaban J connectivity index is 2.11. The molecule has 16 heavy (non-hydrogen) atoms. The molecule has 0 aliphatic heterocycles. The van der Waals surface area contributed by atoms with E-state index in [-0.39, 0.29) is 0 Å². The lowest BCUT2D eigenvalue weighted by atomic mass is 10.3. The Hall–Kier alpha value is -0.940. The highest BCUT2D eigenvalue weighted by Gasteiger charge is 2.05. The molecule has 0 unspecified atom stereocenters. The van der Waals surface area contributed by atoms with Gasteiger partial charge in [-0.05, 0) is 39.0 Å². The lowest BCUT2D eigenvalue weighted by Gasteiger charge is -2.18. The summed E-state index contributed by atoms with van der Waals surface area (Å²) in [4.78, 5) is 5.52. The number of nitrogens with zero attached hydrogens (tertiary/aromatic N) is 2. The van der Waals surface area contributed by atoms with E-state index in [0.717, 1.165) is 16.0 Å². The van der Waals surface area contributed by atoms with Crippen LogP contribution in [0.15, 0.2) is 33.6 Å². The van der Waals surface area contributed by atoms with Crippen LogP contribution in [0.4, 0.5) is 10.1 Å². The van der Waals surface area contributed by atoms with E-state index in [1.807, 2.05) is 11.9 Å². The van der Waals surface area contributed by atoms with Crippen LogP contribution >= 0.6 is 27.3 Å². The molecular weight excluding hydrogens is 291 g/mol. The molecular formula is C11H10BrFN2S. The zero-order valence-corrected chi connectivity index (χ0v) is 11.1. The topological polar surface area (TPSA) is 16.1 Å². The molecule has 0 spiro atoms. The van der Waals surface area contributed by atoms with Gasteiger partial charge >= 0.3 is 0 Å². The molecule has 0 fully saturated rings. The highest BCUT2D eigenvalue weighted by Crippen LogP contribution is 2.23. The minimum Gasteiger partial charge on any atom is -0.370 e. The average Bonchev–Trinajstić information content (AvgIpc) is 2.64. The van der Waals surface area contributed by atoms with Gasteiger partial charge in [-0.3, -0.25) is 0 Å². The fourth-order valence-electron chi connectivity index (χ4n) is 1.42. The zero-order valence-electron chi connectivity index (χ0n) is 8.65. The molecule has 0 bridgehead atoms. The quantitative estimate of drug-likeness (QED) is 0.804. The molecule has 5 heteroatoms. The first-order valence-corrected chi connectivity index (χ1v) is 6.38. The van der Waals surface area contributed by atoms with E-state index in [1.54, 1.807) is 17.4 Å². The van der Waals surface area contributed by atoms with Gasteiger partial charge < -0.3 is 4.90 Å². The fourth-order valence-corrected chi connectivity index (χ4v) is 2.62. The van der Waals surface area contributed by atoms with Crippen LogP contribution in [-0.2, 0) is 6.54 Å². The summed E-state index contributed by atoms with van der Waals surface area (Å²) in [6.45, 7) is 0.756. The monoisotopic (exact) mass is 300 g/mol. The number of hydrogen-bond acceptors (Lipinski definition) is 3. The van der Waals surface area contributed by atoms with Crippen molar-refractivity contribution in [2.24, 2.45) is 0 Å². The first kappa shape index (κ1) is 11.5. The molecule has 2 heterocycles. The van der Waals surface area contributed by atoms with E-state index in [4.69, 9.17) is 0 Å². The maximum Gasteiger partial charge on any atom is 0.214 e. The second kappa shape index (κ2) is 4.93. The molecule has 2 rings (SSSR count). The van der Waals surface area contributed by atoms with Gasteiger partial charge in [0.1, 0.15) is 0 Å². The third-order valence-electron chi connectivity index (χ3n) is 2.19. The molecule has 0 N–H and O–H groups in total. The van der Waals surface area contributed by atoms with Gasteiger partial charge in [0.05, 0.1) is 3.79 Å². The van der Waals surface area contributed by atoms with Crippen molar-refractivity contribution < 1.29 is 4.39 Å². The van der Waals surface area contributed by atoms with Gasteiger partial charge in [0, 0.05) is 31.5 Å². The number of anilines is 1. The van der Waals surface area contributed by atoms with Gasteiger partial charge in [-0.1, -0.05) is 0 Å². The molecule has 0 atom stereocenters. The summed E-state index contributed by atoms with van der Waals surface area (Å²) in [7, 11) is 1.93. The lowest BCUT2D eigenvalue weighted by molar-refractivity contribution is 0.583. The van der Waals surface area contributed by atoms with Crippen molar-refractivity contribution in [3.8, 4) is 0 Å². The SMILES string of the molecule is CN(Cc1csc(Br)c1)c1ccnc(F)c1. The normalized spacial score (nSPS) is 10.4. The number of thiophene rings is 1. The van der Waals surface area contributed by atoms with Crippen molar-refractivity contribution in [3.05, 3.63) is 45.1 Å². The highest BCUT2D eigenvalue weighted by atomic mass is 79.9. The van der Waals surface area contributed by atoms with Crippen LogP contribution < -0.4 is 4.90 Å². The molecule has 2 aromatic heterocycles. The first-order valence-electron chi connectivity index (χ1n) is 4.71. The molecule has 0 amide bonds. The van der Waals surface area contributed by atoms with E-state index in [2.05, 4.69) is 32.4 Å². The molecule has 2 nitrogen and oxygen atoms in total. The van der Waals surface area contributed by atoms with E-state index in [0.29, 0.717) is 0 Å². The smallest absolute Gasteiger partial charge is 0.214 e. The molecule has 0 saturated carbocycles. The van der Waals surface area contributed by atoms with Crippen molar-refractivity contribution >= 4 is 33.0 Å². The van der Waals surface area contributed by atoms with Crippen LogP contribution in [0, 0.1) is 5.95 Å². The van der Waals surface area contributed by atoms with Crippen LogP contribution in [0.2, 0.25) is 0 Å². The predicted octanol–water partition coefficient (Wildman–Crippen LogP) is 3.68. The van der Waals surface area contributed by atoms with Crippen LogP contribution in [0.1, 0.15) is 5.56 Å². The molecule has 0 aliphatic rings. The summed E-state index contributed by atoms with van der Waals surface area (Å²) >= 11 is 5.07. The molecule has 0 aromatic carbocycles. The Morgan fingerprint density at radius 1 is 1.50 bits per heavy atom. The minimum absolute atomic E-state index is 0.448. The van der Waals surface area contributed by atoms with Gasteiger partial charge in [0.15, 0.2) is 0 Å². The van der Waals surface area contributed by atoms with Crippen LogP contribution in [0.25, 0.3) is 0 Å². The molecule has 0 saturated heterocycles. The second-order valence-electron chi connectivity index (χ2n) is 3.45. The minimum atomic E-state index is -0.448. The highest BCUT2D eigenvalue weighted by molar-refractivity contribution is 9.11. The number of rotatable bonds is 3. The molecule has 2 aromatic rings. The summed E-state index contributed by atoms with van der Waals surface area (Å²) in [6.07, 6.45) is 1.48. The third kappa shape index (κ3) is 2.80. The van der Waals surface area contributed by atoms with Gasteiger partial charge in [0.25, 0.3) is 0 Å². The molecule has 84 valence electrons. The Morgan fingerprint density at radius 3 is 2.94 bits per heavy atom. The zero-order chi connectivity index (χ0) is 11.5. The average molecular weight is 301 g/mol. The van der Waals surface area contributed by atoms with Crippen molar-refractivity contribution in [2.45, 2.75) is 6.54 Å². The van der Waals surface area contributed by atoms with Crippen molar-refractivity contribution in [3.63, 3.8) is 0 Å². The third-order valence-corrected chi connectivity index (χ3v) is 3.75. The Morgan fingerprint density at radius 2 is 2.31 bits per heavy atom. The summed E-state index contributed by atoms with van der Waals surface area (Å²) in [5.74, 6) is -0.448. The fraction of sp³-hybridized carbons (Fsp3) is 0.182. The molecule has 0 aliphatic carbocycles. The van der Waals surface area contributed by atoms with Crippen molar-refractivity contribution in [2.75, 3.05) is 11.9 Å². The summed E-state index contributed by atoms with van der Waals surface area (Å²) < 4.78 is 14.0. The number of aromatic nitrogens is 1. The standard InChI is InChI=1S/C11H10BrFN2S/c1-15(6-8-4-10(12)16-7-8)9-2-3-14-11(13)5-9/h2-5,7H,6H2,1H3. The van der Waals surface area contributed by atoms with E-state index >= 15 is 0 Å². The Bertz CT molecular complexity index is 486. The van der Waals surface area contributed by atoms with Gasteiger partial charge in [-0.2, -0.15) is 4.39 Å². The van der Waals surface area contributed by atoms with Crippen LogP contribution in [0.5, 0.6) is 0 Å². The second-order valence-corrected chi connectivity index (χ2v) is 5.74. The Kier molecular flexibility index (Phi) is 3.56. The number of hydrogen-bond donors (Lipinski definition) is 0. The van der Waals surface area contributed by atoms with Crippen LogP contribution in [-0.4, -0.2) is 12.0 Å². The summed E-state index contributed by atoms with van der Waals surface area (Å²) in [5, 5.41) is 2.08. The lowest BCUT2D eigenvalue weighted by Crippen LogP contribution is -2.16. The first-order chi connectivity index (χ1) is 7.65. The number of halogens is 2. The predicted molar refractivity (Wildman–Crippen MR) is 68.3 cm³/mol. The maximum absolute atomic E-state index is 12.9. The maximum atomic E-state index is 12.9. The van der Waals surface area contributed by atoms with Crippen molar-refractivity contribution in [1.29, 1.82) is 0 Å². The van der Waals surface area contributed by atoms with E-state index in [1.165, 1.54) is 17.8 Å². The van der Waals surface area contributed by atoms with Crippen LogP contribution in [0.3, 0.4) is 0 Å². The van der Waals surface area contributed by atoms with Gasteiger partial charge in [-0.15, -0.1) is 11.3 Å². The van der Waals surface area contributed by atoms with Crippen molar-refractivity contribution in [1.82, 2.24) is 4.98 Å². The van der Waals surface area contributed by atoms with E-state index < -0.39 is 5.95 Å². The van der Waals surface area contributed by atoms with Gasteiger partial charge in [0.2, 0.25) is 5.95 Å². The summed E-state index contributed by atoms with van der Waals surface area (Å²) in [5.41, 5.74) is 2.03. The number of pyridine rings is 1. The van der Waals surface area contributed by atoms with E-state index in [9.17, 15) is 4.39 Å².